The second-order valence-corrected chi connectivity index (χ2v) is 10.0. The summed E-state index contributed by atoms with van der Waals surface area (Å²) < 4.78 is 1.99. The van der Waals surface area contributed by atoms with Crippen molar-refractivity contribution >= 4 is 5.91 Å². The van der Waals surface area contributed by atoms with Crippen molar-refractivity contribution in [1.29, 1.82) is 0 Å². The van der Waals surface area contributed by atoms with E-state index in [-0.39, 0.29) is 5.91 Å². The molecule has 2 aliphatic heterocycles. The Morgan fingerprint density at radius 1 is 0.800 bits per heavy atom. The van der Waals surface area contributed by atoms with Crippen molar-refractivity contribution in [1.82, 2.24) is 24.5 Å². The zero-order chi connectivity index (χ0) is 20.5. The molecule has 4 aliphatic rings. The molecule has 1 saturated carbocycles. The van der Waals surface area contributed by atoms with Gasteiger partial charge in [-0.2, -0.15) is 5.10 Å². The predicted molar refractivity (Wildman–Crippen MR) is 119 cm³/mol. The van der Waals surface area contributed by atoms with E-state index < -0.39 is 0 Å². The van der Waals surface area contributed by atoms with Crippen LogP contribution in [0.1, 0.15) is 79.5 Å². The number of carbonyl (C=O) groups excluding carboxylic acids is 1. The van der Waals surface area contributed by atoms with Gasteiger partial charge < -0.3 is 4.90 Å². The highest BCUT2D eigenvalue weighted by atomic mass is 16.2. The van der Waals surface area contributed by atoms with Crippen LogP contribution >= 0.6 is 0 Å². The molecule has 6 heteroatoms. The fourth-order valence-electron chi connectivity index (χ4n) is 6.42. The van der Waals surface area contributed by atoms with Gasteiger partial charge >= 0.3 is 0 Å². The number of fused-ring (bicyclic) bond motifs is 1. The molecular weight excluding hydrogens is 374 g/mol. The third kappa shape index (κ3) is 4.05. The number of carbonyl (C=O) groups is 1. The summed E-state index contributed by atoms with van der Waals surface area (Å²) in [4.78, 5) is 20.9. The van der Waals surface area contributed by atoms with Crippen LogP contribution in [0.2, 0.25) is 0 Å². The van der Waals surface area contributed by atoms with E-state index in [1.807, 2.05) is 11.7 Å². The first-order valence-corrected chi connectivity index (χ1v) is 12.5. The van der Waals surface area contributed by atoms with E-state index in [0.29, 0.717) is 6.04 Å². The molecular formula is C24H39N5O. The van der Waals surface area contributed by atoms with Gasteiger partial charge in [-0.25, -0.2) is 0 Å². The van der Waals surface area contributed by atoms with Gasteiger partial charge in [-0.05, 0) is 44.9 Å². The summed E-state index contributed by atoms with van der Waals surface area (Å²) in [6, 6.07) is 1.42. The molecule has 0 N–H and O–H groups in total. The van der Waals surface area contributed by atoms with Gasteiger partial charge in [0.2, 0.25) is 0 Å². The molecule has 2 aliphatic carbocycles. The van der Waals surface area contributed by atoms with Crippen molar-refractivity contribution in [2.75, 3.05) is 39.3 Å². The Bertz CT molecular complexity index is 737. The molecule has 1 atom stereocenters. The van der Waals surface area contributed by atoms with Gasteiger partial charge in [-0.1, -0.05) is 25.7 Å². The van der Waals surface area contributed by atoms with Crippen molar-refractivity contribution in [3.63, 3.8) is 0 Å². The largest absolute Gasteiger partial charge is 0.337 e. The molecule has 166 valence electrons. The number of rotatable bonds is 3. The van der Waals surface area contributed by atoms with Gasteiger partial charge in [-0.15, -0.1) is 0 Å². The standard InChI is InChI=1S/C24H39N5O/c1-26-22-11-10-20(28-16-14-27(15-17-28)19-8-4-5-9-19)18-21(22)23(25-26)24(30)29-12-6-2-3-7-13-29/h19-20H,2-18H2,1H3/t20-/m0/s1. The first-order valence-electron chi connectivity index (χ1n) is 12.5. The molecule has 0 radical (unpaired) electrons. The number of hydrogen-bond donors (Lipinski definition) is 0. The van der Waals surface area contributed by atoms with Crippen LogP contribution in [0.25, 0.3) is 0 Å². The summed E-state index contributed by atoms with van der Waals surface area (Å²) in [5, 5.41) is 4.74. The Morgan fingerprint density at radius 2 is 1.43 bits per heavy atom. The Labute approximate surface area is 181 Å². The first-order chi connectivity index (χ1) is 14.7. The molecule has 2 saturated heterocycles. The average molecular weight is 414 g/mol. The summed E-state index contributed by atoms with van der Waals surface area (Å²) in [6.07, 6.45) is 13.7. The van der Waals surface area contributed by atoms with Crippen LogP contribution in [0.4, 0.5) is 0 Å². The van der Waals surface area contributed by atoms with E-state index in [4.69, 9.17) is 5.10 Å². The Hall–Kier alpha value is -1.40. The summed E-state index contributed by atoms with van der Waals surface area (Å²) in [7, 11) is 2.03. The average Bonchev–Trinajstić information content (AvgIpc) is 3.34. The minimum Gasteiger partial charge on any atom is -0.337 e. The van der Waals surface area contributed by atoms with Crippen LogP contribution in [0.5, 0.6) is 0 Å². The van der Waals surface area contributed by atoms with Crippen molar-refractivity contribution in [2.24, 2.45) is 7.05 Å². The number of piperazine rings is 1. The Kier molecular flexibility index (Phi) is 6.15. The number of nitrogens with zero attached hydrogens (tertiary/aromatic N) is 5. The molecule has 3 fully saturated rings. The monoisotopic (exact) mass is 413 g/mol. The maximum atomic E-state index is 13.3. The maximum Gasteiger partial charge on any atom is 0.274 e. The van der Waals surface area contributed by atoms with Crippen LogP contribution in [-0.2, 0) is 19.9 Å². The summed E-state index contributed by atoms with van der Waals surface area (Å²) in [5.41, 5.74) is 3.30. The number of hydrogen-bond acceptors (Lipinski definition) is 4. The Balaban J connectivity index is 1.26. The minimum atomic E-state index is 0.181. The van der Waals surface area contributed by atoms with E-state index >= 15 is 0 Å². The smallest absolute Gasteiger partial charge is 0.274 e. The maximum absolute atomic E-state index is 13.3. The zero-order valence-corrected chi connectivity index (χ0v) is 18.8. The lowest BCUT2D eigenvalue weighted by Gasteiger charge is -2.42. The topological polar surface area (TPSA) is 44.6 Å². The fraction of sp³-hybridized carbons (Fsp3) is 0.833. The highest BCUT2D eigenvalue weighted by Gasteiger charge is 2.34. The van der Waals surface area contributed by atoms with Gasteiger partial charge in [0.05, 0.1) is 0 Å². The zero-order valence-electron chi connectivity index (χ0n) is 18.8. The molecule has 5 rings (SSSR count). The van der Waals surface area contributed by atoms with Crippen molar-refractivity contribution in [2.45, 2.75) is 82.7 Å². The van der Waals surface area contributed by atoms with Gasteiger partial charge in [0.25, 0.3) is 5.91 Å². The second-order valence-electron chi connectivity index (χ2n) is 10.0. The third-order valence-corrected chi connectivity index (χ3v) is 8.23. The molecule has 0 bridgehead atoms. The quantitative estimate of drug-likeness (QED) is 0.764. The molecule has 0 unspecified atom stereocenters. The molecule has 30 heavy (non-hydrogen) atoms. The van der Waals surface area contributed by atoms with Crippen molar-refractivity contribution in [3.8, 4) is 0 Å². The molecule has 1 amide bonds. The number of aromatic nitrogens is 2. The number of aryl methyl sites for hydroxylation is 1. The van der Waals surface area contributed by atoms with Gasteiger partial charge in [-0.3, -0.25) is 19.3 Å². The Morgan fingerprint density at radius 3 is 2.10 bits per heavy atom. The predicted octanol–water partition coefficient (Wildman–Crippen LogP) is 2.85. The number of likely N-dealkylation sites (tertiary alicyclic amines) is 1. The van der Waals surface area contributed by atoms with Crippen LogP contribution < -0.4 is 0 Å². The van der Waals surface area contributed by atoms with Crippen LogP contribution in [0.3, 0.4) is 0 Å². The fourth-order valence-corrected chi connectivity index (χ4v) is 6.42. The lowest BCUT2D eigenvalue weighted by Crippen LogP contribution is -2.53. The van der Waals surface area contributed by atoms with E-state index in [2.05, 4.69) is 14.7 Å². The summed E-state index contributed by atoms with van der Waals surface area (Å²) in [6.45, 7) is 6.62. The van der Waals surface area contributed by atoms with Crippen LogP contribution in [0.15, 0.2) is 0 Å². The van der Waals surface area contributed by atoms with Gasteiger partial charge in [0.1, 0.15) is 0 Å². The SMILES string of the molecule is Cn1nc(C(=O)N2CCCCCC2)c2c1CC[C@H](N1CCN(C3CCCC3)CC1)C2. The molecule has 3 heterocycles. The minimum absolute atomic E-state index is 0.181. The van der Waals surface area contributed by atoms with E-state index in [0.717, 1.165) is 50.5 Å². The van der Waals surface area contributed by atoms with E-state index in [9.17, 15) is 4.79 Å². The van der Waals surface area contributed by atoms with Gasteiger partial charge in [0.15, 0.2) is 5.69 Å². The van der Waals surface area contributed by atoms with Crippen molar-refractivity contribution in [3.05, 3.63) is 17.0 Å². The normalized spacial score (nSPS) is 27.2. The molecule has 1 aromatic heterocycles. The molecule has 0 spiro atoms. The van der Waals surface area contributed by atoms with E-state index in [1.54, 1.807) is 0 Å². The van der Waals surface area contributed by atoms with Crippen molar-refractivity contribution < 1.29 is 4.79 Å². The third-order valence-electron chi connectivity index (χ3n) is 8.23. The second kappa shape index (κ2) is 8.99. The van der Waals surface area contributed by atoms with E-state index in [1.165, 1.54) is 82.4 Å². The number of amides is 1. The molecule has 0 aromatic carbocycles. The molecule has 6 nitrogen and oxygen atoms in total. The molecule has 1 aromatic rings. The first kappa shape index (κ1) is 20.5. The van der Waals surface area contributed by atoms with Crippen LogP contribution in [0, 0.1) is 0 Å². The van der Waals surface area contributed by atoms with Gasteiger partial charge in [0, 0.05) is 69.7 Å². The van der Waals surface area contributed by atoms with Crippen LogP contribution in [-0.4, -0.2) is 81.7 Å². The lowest BCUT2D eigenvalue weighted by molar-refractivity contribution is 0.0650. The summed E-state index contributed by atoms with van der Waals surface area (Å²) >= 11 is 0. The highest BCUT2D eigenvalue weighted by molar-refractivity contribution is 5.94. The highest BCUT2D eigenvalue weighted by Crippen LogP contribution is 2.30. The lowest BCUT2D eigenvalue weighted by atomic mass is 9.89. The summed E-state index contributed by atoms with van der Waals surface area (Å²) in [5.74, 6) is 0.181.